The molecule has 0 saturated carbocycles. The van der Waals surface area contributed by atoms with Crippen molar-refractivity contribution in [1.82, 2.24) is 0 Å². The lowest BCUT2D eigenvalue weighted by molar-refractivity contribution is 0.0525. The lowest BCUT2D eigenvalue weighted by atomic mass is 9.98. The molecular weight excluding hydrogens is 216 g/mol. The highest BCUT2D eigenvalue weighted by atomic mass is 16.5. The first-order chi connectivity index (χ1) is 7.92. The highest BCUT2D eigenvalue weighted by Crippen LogP contribution is 2.14. The molecule has 1 rings (SSSR count). The van der Waals surface area contributed by atoms with Crippen molar-refractivity contribution in [3.8, 4) is 0 Å². The molecule has 0 aliphatic heterocycles. The Morgan fingerprint density at radius 1 is 1.29 bits per heavy atom. The first-order valence-corrected chi connectivity index (χ1v) is 5.91. The van der Waals surface area contributed by atoms with Gasteiger partial charge in [-0.05, 0) is 51.3 Å². The van der Waals surface area contributed by atoms with E-state index in [0.717, 1.165) is 12.0 Å². The molecule has 0 fully saturated rings. The van der Waals surface area contributed by atoms with Gasteiger partial charge in [0, 0.05) is 0 Å². The Balaban J connectivity index is 2.59. The Morgan fingerprint density at radius 3 is 2.35 bits per heavy atom. The summed E-state index contributed by atoms with van der Waals surface area (Å²) in [5.41, 5.74) is 1.03. The molecule has 0 aromatic heterocycles. The molecule has 0 radical (unpaired) electrons. The molecule has 0 bridgehead atoms. The first-order valence-electron chi connectivity index (χ1n) is 5.91. The third-order valence-electron chi connectivity index (χ3n) is 2.49. The number of esters is 1. The van der Waals surface area contributed by atoms with Crippen LogP contribution in [0.4, 0.5) is 0 Å². The summed E-state index contributed by atoms with van der Waals surface area (Å²) < 4.78 is 4.90. The number of benzene rings is 1. The second kappa shape index (κ2) is 5.82. The molecule has 0 atom stereocenters. The van der Waals surface area contributed by atoms with Crippen LogP contribution < -0.4 is 0 Å². The van der Waals surface area contributed by atoms with Crippen molar-refractivity contribution in [1.29, 1.82) is 0 Å². The molecule has 1 aromatic carbocycles. The fraction of sp³-hybridized carbons (Fsp3) is 0.500. The second-order valence-electron chi connectivity index (χ2n) is 4.73. The molecule has 0 saturated heterocycles. The zero-order chi connectivity index (χ0) is 12.9. The van der Waals surface area contributed by atoms with E-state index in [0.29, 0.717) is 18.6 Å². The predicted octanol–water partition coefficient (Wildman–Crippen LogP) is 2.57. The van der Waals surface area contributed by atoms with Crippen molar-refractivity contribution in [3.05, 3.63) is 35.4 Å². The number of carbonyl (C=O) groups is 1. The monoisotopic (exact) mass is 236 g/mol. The first kappa shape index (κ1) is 13.7. The average molecular weight is 236 g/mol. The van der Waals surface area contributed by atoms with Gasteiger partial charge >= 0.3 is 5.97 Å². The minimum Gasteiger partial charge on any atom is -0.462 e. The van der Waals surface area contributed by atoms with Crippen LogP contribution in [0.25, 0.3) is 0 Å². The molecule has 1 N–H and O–H groups in total. The van der Waals surface area contributed by atoms with Crippen LogP contribution in [0.3, 0.4) is 0 Å². The maximum atomic E-state index is 11.4. The van der Waals surface area contributed by atoms with Crippen LogP contribution in [0.1, 0.15) is 43.1 Å². The van der Waals surface area contributed by atoms with Crippen LogP contribution in [0.2, 0.25) is 0 Å². The van der Waals surface area contributed by atoms with Gasteiger partial charge in [-0.3, -0.25) is 0 Å². The third-order valence-corrected chi connectivity index (χ3v) is 2.49. The van der Waals surface area contributed by atoms with Gasteiger partial charge in [0.05, 0.1) is 17.8 Å². The molecule has 94 valence electrons. The fourth-order valence-corrected chi connectivity index (χ4v) is 1.47. The number of aryl methyl sites for hydroxylation is 1. The van der Waals surface area contributed by atoms with E-state index in [-0.39, 0.29) is 5.97 Å². The van der Waals surface area contributed by atoms with E-state index in [1.807, 2.05) is 12.1 Å². The number of hydrogen-bond donors (Lipinski definition) is 1. The van der Waals surface area contributed by atoms with Crippen molar-refractivity contribution in [2.24, 2.45) is 0 Å². The summed E-state index contributed by atoms with van der Waals surface area (Å²) in [4.78, 5) is 11.4. The van der Waals surface area contributed by atoms with Crippen molar-refractivity contribution in [2.75, 3.05) is 6.61 Å². The van der Waals surface area contributed by atoms with E-state index in [1.165, 1.54) is 0 Å². The molecule has 0 spiro atoms. The maximum Gasteiger partial charge on any atom is 0.338 e. The van der Waals surface area contributed by atoms with Gasteiger partial charge in [0.2, 0.25) is 0 Å². The molecule has 3 nitrogen and oxygen atoms in total. The Labute approximate surface area is 102 Å². The molecule has 0 aliphatic rings. The highest BCUT2D eigenvalue weighted by molar-refractivity contribution is 5.89. The number of rotatable bonds is 5. The van der Waals surface area contributed by atoms with E-state index in [9.17, 15) is 9.90 Å². The van der Waals surface area contributed by atoms with Gasteiger partial charge in [-0.15, -0.1) is 0 Å². The zero-order valence-electron chi connectivity index (χ0n) is 10.7. The summed E-state index contributed by atoms with van der Waals surface area (Å²) in [5.74, 6) is -0.290. The SMILES string of the molecule is CCOC(=O)c1ccc(CCC(C)(C)O)cc1. The number of aliphatic hydroxyl groups is 1. The Morgan fingerprint density at radius 2 is 1.88 bits per heavy atom. The minimum absolute atomic E-state index is 0.290. The summed E-state index contributed by atoms with van der Waals surface area (Å²) in [7, 11) is 0. The highest BCUT2D eigenvalue weighted by Gasteiger charge is 2.12. The van der Waals surface area contributed by atoms with Gasteiger partial charge < -0.3 is 9.84 Å². The van der Waals surface area contributed by atoms with E-state index >= 15 is 0 Å². The Hall–Kier alpha value is -1.35. The van der Waals surface area contributed by atoms with Crippen LogP contribution >= 0.6 is 0 Å². The molecular formula is C14H20O3. The van der Waals surface area contributed by atoms with Crippen LogP contribution in [0.5, 0.6) is 0 Å². The molecule has 17 heavy (non-hydrogen) atoms. The summed E-state index contributed by atoms with van der Waals surface area (Å²) >= 11 is 0. The zero-order valence-corrected chi connectivity index (χ0v) is 10.7. The van der Waals surface area contributed by atoms with Gasteiger partial charge in [0.15, 0.2) is 0 Å². The molecule has 3 heteroatoms. The second-order valence-corrected chi connectivity index (χ2v) is 4.73. The summed E-state index contributed by atoms with van der Waals surface area (Å²) in [6, 6.07) is 7.32. The molecule has 0 unspecified atom stereocenters. The summed E-state index contributed by atoms with van der Waals surface area (Å²) in [6.45, 7) is 5.76. The topological polar surface area (TPSA) is 46.5 Å². The number of ether oxygens (including phenoxy) is 1. The normalized spacial score (nSPS) is 11.3. The minimum atomic E-state index is -0.653. The Kier molecular flexibility index (Phi) is 4.70. The molecule has 0 amide bonds. The molecule has 0 heterocycles. The third kappa shape index (κ3) is 5.00. The van der Waals surface area contributed by atoms with Crippen LogP contribution in [-0.4, -0.2) is 23.3 Å². The van der Waals surface area contributed by atoms with Gasteiger partial charge in [0.1, 0.15) is 0 Å². The van der Waals surface area contributed by atoms with Crippen molar-refractivity contribution in [2.45, 2.75) is 39.2 Å². The van der Waals surface area contributed by atoms with Crippen LogP contribution in [-0.2, 0) is 11.2 Å². The summed E-state index contributed by atoms with van der Waals surface area (Å²) in [6.07, 6.45) is 1.50. The van der Waals surface area contributed by atoms with E-state index in [1.54, 1.807) is 32.9 Å². The van der Waals surface area contributed by atoms with Gasteiger partial charge in [-0.2, -0.15) is 0 Å². The van der Waals surface area contributed by atoms with Gasteiger partial charge in [-0.1, -0.05) is 12.1 Å². The standard InChI is InChI=1S/C14H20O3/c1-4-17-13(15)12-7-5-11(6-8-12)9-10-14(2,3)16/h5-8,16H,4,9-10H2,1-3H3. The van der Waals surface area contributed by atoms with Crippen molar-refractivity contribution in [3.63, 3.8) is 0 Å². The maximum absolute atomic E-state index is 11.4. The fourth-order valence-electron chi connectivity index (χ4n) is 1.47. The van der Waals surface area contributed by atoms with Gasteiger partial charge in [-0.25, -0.2) is 4.79 Å². The van der Waals surface area contributed by atoms with E-state index < -0.39 is 5.60 Å². The quantitative estimate of drug-likeness (QED) is 0.799. The number of hydrogen-bond acceptors (Lipinski definition) is 3. The van der Waals surface area contributed by atoms with E-state index in [4.69, 9.17) is 4.74 Å². The summed E-state index contributed by atoms with van der Waals surface area (Å²) in [5, 5.41) is 9.62. The van der Waals surface area contributed by atoms with Crippen molar-refractivity contribution < 1.29 is 14.6 Å². The van der Waals surface area contributed by atoms with Gasteiger partial charge in [0.25, 0.3) is 0 Å². The van der Waals surface area contributed by atoms with Crippen LogP contribution in [0.15, 0.2) is 24.3 Å². The van der Waals surface area contributed by atoms with Crippen LogP contribution in [0, 0.1) is 0 Å². The number of carbonyl (C=O) groups excluding carboxylic acids is 1. The van der Waals surface area contributed by atoms with Crippen molar-refractivity contribution >= 4 is 5.97 Å². The predicted molar refractivity (Wildman–Crippen MR) is 67.0 cm³/mol. The molecule has 0 aliphatic carbocycles. The smallest absolute Gasteiger partial charge is 0.338 e. The lowest BCUT2D eigenvalue weighted by Crippen LogP contribution is -2.19. The Bertz CT molecular complexity index is 360. The largest absolute Gasteiger partial charge is 0.462 e. The molecule has 1 aromatic rings. The van der Waals surface area contributed by atoms with E-state index in [2.05, 4.69) is 0 Å². The average Bonchev–Trinajstić information content (AvgIpc) is 2.26. The lowest BCUT2D eigenvalue weighted by Gasteiger charge is -2.16.